The van der Waals surface area contributed by atoms with Crippen molar-refractivity contribution in [2.45, 2.75) is 46.0 Å². The third-order valence-electron chi connectivity index (χ3n) is 2.55. The molecule has 1 heterocycles. The Morgan fingerprint density at radius 2 is 2.05 bits per heavy atom. The van der Waals surface area contributed by atoms with Crippen LogP contribution in [0.25, 0.3) is 0 Å². The fourth-order valence-electron chi connectivity index (χ4n) is 1.45. The average Bonchev–Trinajstić information content (AvgIpc) is 2.84. The van der Waals surface area contributed by atoms with E-state index in [1.807, 2.05) is 20.8 Å². The quantitative estimate of drug-likeness (QED) is 0.603. The third kappa shape index (κ3) is 4.99. The number of nitrogens with zero attached hydrogens (tertiary/aromatic N) is 2. The number of amides is 1. The first-order valence-corrected chi connectivity index (χ1v) is 6.71. The molecule has 0 aliphatic carbocycles. The summed E-state index contributed by atoms with van der Waals surface area (Å²) in [5.41, 5.74) is -0.185. The maximum absolute atomic E-state index is 11.8. The van der Waals surface area contributed by atoms with Gasteiger partial charge in [-0.1, -0.05) is 20.8 Å². The van der Waals surface area contributed by atoms with Gasteiger partial charge in [-0.15, -0.1) is 5.10 Å². The number of H-pyrrole nitrogens is 1. The lowest BCUT2D eigenvalue weighted by Crippen LogP contribution is -2.26. The molecule has 0 aliphatic rings. The van der Waals surface area contributed by atoms with Gasteiger partial charge in [-0.25, -0.2) is 4.98 Å². The number of hydrogen-bond donors (Lipinski definition) is 2. The number of aromatic amines is 1. The molecule has 20 heavy (non-hydrogen) atoms. The van der Waals surface area contributed by atoms with Gasteiger partial charge in [-0.05, 0) is 13.3 Å². The largest absolute Gasteiger partial charge is 0.466 e. The molecular weight excluding hydrogens is 260 g/mol. The Kier molecular flexibility index (Phi) is 5.66. The first-order valence-electron chi connectivity index (χ1n) is 6.71. The fraction of sp³-hybridized carbons (Fsp3) is 0.692. The Bertz CT molecular complexity index is 462. The van der Waals surface area contributed by atoms with E-state index in [9.17, 15) is 9.59 Å². The van der Waals surface area contributed by atoms with Crippen molar-refractivity contribution in [2.75, 3.05) is 13.2 Å². The van der Waals surface area contributed by atoms with E-state index in [2.05, 4.69) is 20.5 Å². The van der Waals surface area contributed by atoms with Gasteiger partial charge >= 0.3 is 5.97 Å². The Labute approximate surface area is 118 Å². The summed E-state index contributed by atoms with van der Waals surface area (Å²) in [7, 11) is 0. The zero-order valence-electron chi connectivity index (χ0n) is 12.4. The van der Waals surface area contributed by atoms with Crippen LogP contribution in [0, 0.1) is 0 Å². The molecule has 112 valence electrons. The summed E-state index contributed by atoms with van der Waals surface area (Å²) in [6.07, 6.45) is 0.816. The topological polar surface area (TPSA) is 97.0 Å². The second-order valence-corrected chi connectivity index (χ2v) is 5.42. The molecule has 0 atom stereocenters. The number of ether oxygens (including phenoxy) is 1. The molecule has 0 saturated carbocycles. The predicted molar refractivity (Wildman–Crippen MR) is 73.3 cm³/mol. The van der Waals surface area contributed by atoms with E-state index in [1.165, 1.54) is 0 Å². The second-order valence-electron chi connectivity index (χ2n) is 5.42. The Balaban J connectivity index is 2.36. The highest BCUT2D eigenvalue weighted by Gasteiger charge is 2.21. The Morgan fingerprint density at radius 3 is 2.60 bits per heavy atom. The van der Waals surface area contributed by atoms with E-state index >= 15 is 0 Å². The molecule has 0 radical (unpaired) electrons. The molecule has 7 heteroatoms. The van der Waals surface area contributed by atoms with Gasteiger partial charge in [0, 0.05) is 18.4 Å². The van der Waals surface area contributed by atoms with E-state index in [4.69, 9.17) is 4.74 Å². The Morgan fingerprint density at radius 1 is 1.35 bits per heavy atom. The first kappa shape index (κ1) is 16.1. The van der Waals surface area contributed by atoms with Crippen LogP contribution in [0.4, 0.5) is 0 Å². The van der Waals surface area contributed by atoms with Crippen LogP contribution in [-0.2, 0) is 14.9 Å². The van der Waals surface area contributed by atoms with Gasteiger partial charge in [-0.2, -0.15) is 0 Å². The van der Waals surface area contributed by atoms with Crippen molar-refractivity contribution in [1.82, 2.24) is 20.5 Å². The summed E-state index contributed by atoms with van der Waals surface area (Å²) in [5.74, 6) is 0.176. The number of aromatic nitrogens is 3. The van der Waals surface area contributed by atoms with E-state index in [1.54, 1.807) is 6.92 Å². The van der Waals surface area contributed by atoms with Crippen LogP contribution in [0.1, 0.15) is 57.0 Å². The molecule has 1 rings (SSSR count). The van der Waals surface area contributed by atoms with Crippen LogP contribution in [0.2, 0.25) is 0 Å². The molecule has 0 fully saturated rings. The van der Waals surface area contributed by atoms with Crippen molar-refractivity contribution in [3.8, 4) is 0 Å². The van der Waals surface area contributed by atoms with Gasteiger partial charge in [0.2, 0.25) is 5.82 Å². The molecule has 2 N–H and O–H groups in total. The number of esters is 1. The second kappa shape index (κ2) is 7.02. The number of carbonyl (C=O) groups is 2. The van der Waals surface area contributed by atoms with Crippen LogP contribution in [0.3, 0.4) is 0 Å². The molecule has 0 aliphatic heterocycles. The van der Waals surface area contributed by atoms with Crippen molar-refractivity contribution >= 4 is 11.9 Å². The average molecular weight is 282 g/mol. The zero-order chi connectivity index (χ0) is 15.2. The van der Waals surface area contributed by atoms with Crippen LogP contribution < -0.4 is 5.32 Å². The first-order chi connectivity index (χ1) is 9.34. The van der Waals surface area contributed by atoms with Crippen molar-refractivity contribution in [2.24, 2.45) is 0 Å². The zero-order valence-corrected chi connectivity index (χ0v) is 12.4. The molecule has 1 aromatic rings. The minimum Gasteiger partial charge on any atom is -0.466 e. The minimum absolute atomic E-state index is 0.117. The molecule has 1 amide bonds. The lowest BCUT2D eigenvalue weighted by molar-refractivity contribution is -0.143. The smallest absolute Gasteiger partial charge is 0.305 e. The number of rotatable bonds is 6. The molecular formula is C13H22N4O3. The third-order valence-corrected chi connectivity index (χ3v) is 2.55. The van der Waals surface area contributed by atoms with E-state index in [0.29, 0.717) is 25.4 Å². The van der Waals surface area contributed by atoms with Crippen LogP contribution in [0.15, 0.2) is 0 Å². The molecule has 1 aromatic heterocycles. The summed E-state index contributed by atoms with van der Waals surface area (Å²) in [6, 6.07) is 0. The van der Waals surface area contributed by atoms with E-state index < -0.39 is 0 Å². The number of hydrogen-bond acceptors (Lipinski definition) is 5. The van der Waals surface area contributed by atoms with Crippen LogP contribution in [0.5, 0.6) is 0 Å². The molecule has 0 spiro atoms. The molecule has 0 unspecified atom stereocenters. The molecule has 0 saturated heterocycles. The Hall–Kier alpha value is -1.92. The summed E-state index contributed by atoms with van der Waals surface area (Å²) in [6.45, 7) is 8.46. The van der Waals surface area contributed by atoms with E-state index in [0.717, 1.165) is 0 Å². The van der Waals surface area contributed by atoms with Gasteiger partial charge in [0.1, 0.15) is 5.82 Å². The fourth-order valence-corrected chi connectivity index (χ4v) is 1.45. The SMILES string of the molecule is CCOC(=O)CCCNC(=O)c1n[nH]c(C(C)(C)C)n1. The highest BCUT2D eigenvalue weighted by atomic mass is 16.5. The van der Waals surface area contributed by atoms with Crippen molar-refractivity contribution in [1.29, 1.82) is 0 Å². The number of carbonyl (C=O) groups excluding carboxylic acids is 2. The molecule has 0 bridgehead atoms. The lowest BCUT2D eigenvalue weighted by atomic mass is 9.96. The lowest BCUT2D eigenvalue weighted by Gasteiger charge is -2.12. The summed E-state index contributed by atoms with van der Waals surface area (Å²) in [4.78, 5) is 27.0. The normalized spacial score (nSPS) is 11.2. The van der Waals surface area contributed by atoms with Gasteiger partial charge in [0.05, 0.1) is 6.61 Å². The van der Waals surface area contributed by atoms with Crippen LogP contribution >= 0.6 is 0 Å². The minimum atomic E-state index is -0.347. The summed E-state index contributed by atoms with van der Waals surface area (Å²) in [5, 5.41) is 9.31. The van der Waals surface area contributed by atoms with Gasteiger partial charge in [0.25, 0.3) is 5.91 Å². The van der Waals surface area contributed by atoms with E-state index in [-0.39, 0.29) is 29.5 Å². The predicted octanol–water partition coefficient (Wildman–Crippen LogP) is 1.18. The standard InChI is InChI=1S/C13H22N4O3/c1-5-20-9(18)7-6-8-14-11(19)10-15-12(17-16-10)13(2,3)4/h5-8H2,1-4H3,(H,14,19)(H,15,16,17). The van der Waals surface area contributed by atoms with Crippen molar-refractivity contribution in [3.05, 3.63) is 11.6 Å². The maximum Gasteiger partial charge on any atom is 0.305 e. The highest BCUT2D eigenvalue weighted by molar-refractivity contribution is 5.90. The van der Waals surface area contributed by atoms with Crippen molar-refractivity contribution in [3.63, 3.8) is 0 Å². The summed E-state index contributed by atoms with van der Waals surface area (Å²) < 4.78 is 4.79. The molecule has 0 aromatic carbocycles. The van der Waals surface area contributed by atoms with Gasteiger partial charge in [0.15, 0.2) is 0 Å². The monoisotopic (exact) mass is 282 g/mol. The maximum atomic E-state index is 11.8. The summed E-state index contributed by atoms with van der Waals surface area (Å²) >= 11 is 0. The number of nitrogens with one attached hydrogen (secondary N) is 2. The van der Waals surface area contributed by atoms with Gasteiger partial charge in [-0.3, -0.25) is 14.7 Å². The van der Waals surface area contributed by atoms with Crippen LogP contribution in [-0.4, -0.2) is 40.2 Å². The highest BCUT2D eigenvalue weighted by Crippen LogP contribution is 2.17. The van der Waals surface area contributed by atoms with Crippen molar-refractivity contribution < 1.29 is 14.3 Å². The molecule has 7 nitrogen and oxygen atoms in total. The van der Waals surface area contributed by atoms with Gasteiger partial charge < -0.3 is 10.1 Å².